The van der Waals surface area contributed by atoms with Crippen LogP contribution in [0.2, 0.25) is 0 Å². The molecule has 1 saturated carbocycles. The number of para-hydroxylation sites is 1. The fourth-order valence-electron chi connectivity index (χ4n) is 4.34. The molecular formula is C24H31FN2O2. The molecule has 1 N–H and O–H groups in total. The zero-order valence-electron chi connectivity index (χ0n) is 17.5. The zero-order valence-corrected chi connectivity index (χ0v) is 17.5. The molecule has 4 nitrogen and oxygen atoms in total. The van der Waals surface area contributed by atoms with E-state index in [4.69, 9.17) is 4.74 Å². The summed E-state index contributed by atoms with van der Waals surface area (Å²) in [6.45, 7) is 1.78. The SMILES string of the molecule is CC(Oc1ccccc1)C(=O)NC1CCC(C(c2cccc(F)c2)N(C)C)CC1. The van der Waals surface area contributed by atoms with Crippen molar-refractivity contribution in [2.75, 3.05) is 14.1 Å². The molecule has 1 fully saturated rings. The van der Waals surface area contributed by atoms with Crippen molar-refractivity contribution in [2.24, 2.45) is 5.92 Å². The molecule has 5 heteroatoms. The van der Waals surface area contributed by atoms with Gasteiger partial charge in [-0.05, 0) is 82.4 Å². The number of benzene rings is 2. The molecule has 0 heterocycles. The highest BCUT2D eigenvalue weighted by molar-refractivity contribution is 5.81. The Balaban J connectivity index is 1.53. The second kappa shape index (κ2) is 9.88. The Morgan fingerprint density at radius 1 is 1.07 bits per heavy atom. The third-order valence-electron chi connectivity index (χ3n) is 5.74. The van der Waals surface area contributed by atoms with Crippen molar-refractivity contribution in [1.82, 2.24) is 10.2 Å². The summed E-state index contributed by atoms with van der Waals surface area (Å²) < 4.78 is 19.4. The van der Waals surface area contributed by atoms with E-state index in [9.17, 15) is 9.18 Å². The van der Waals surface area contributed by atoms with E-state index in [1.165, 1.54) is 6.07 Å². The quantitative estimate of drug-likeness (QED) is 0.743. The van der Waals surface area contributed by atoms with Crippen LogP contribution in [0.25, 0.3) is 0 Å². The average Bonchev–Trinajstić information content (AvgIpc) is 2.70. The fraction of sp³-hybridized carbons (Fsp3) is 0.458. The largest absolute Gasteiger partial charge is 0.481 e. The van der Waals surface area contributed by atoms with Gasteiger partial charge in [0.15, 0.2) is 6.10 Å². The Hall–Kier alpha value is -2.40. The number of carbonyl (C=O) groups is 1. The monoisotopic (exact) mass is 398 g/mol. The van der Waals surface area contributed by atoms with Crippen LogP contribution in [0, 0.1) is 11.7 Å². The van der Waals surface area contributed by atoms with Crippen LogP contribution in [0.3, 0.4) is 0 Å². The van der Waals surface area contributed by atoms with Crippen LogP contribution < -0.4 is 10.1 Å². The van der Waals surface area contributed by atoms with Gasteiger partial charge in [0.1, 0.15) is 11.6 Å². The van der Waals surface area contributed by atoms with Crippen LogP contribution in [-0.2, 0) is 4.79 Å². The maximum atomic E-state index is 13.7. The van der Waals surface area contributed by atoms with Crippen molar-refractivity contribution in [1.29, 1.82) is 0 Å². The Kier molecular flexibility index (Phi) is 7.26. The number of hydrogen-bond donors (Lipinski definition) is 1. The summed E-state index contributed by atoms with van der Waals surface area (Å²) in [6.07, 6.45) is 3.32. The van der Waals surface area contributed by atoms with Gasteiger partial charge in [-0.25, -0.2) is 4.39 Å². The predicted molar refractivity (Wildman–Crippen MR) is 113 cm³/mol. The number of ether oxygens (including phenoxy) is 1. The van der Waals surface area contributed by atoms with Crippen molar-refractivity contribution < 1.29 is 13.9 Å². The van der Waals surface area contributed by atoms with E-state index in [1.807, 2.05) is 50.5 Å². The second-order valence-corrected chi connectivity index (χ2v) is 8.16. The summed E-state index contributed by atoms with van der Waals surface area (Å²) in [5.41, 5.74) is 1.02. The Bertz CT molecular complexity index is 788. The Morgan fingerprint density at radius 3 is 2.38 bits per heavy atom. The highest BCUT2D eigenvalue weighted by Crippen LogP contribution is 2.37. The molecule has 3 rings (SSSR count). The van der Waals surface area contributed by atoms with Crippen molar-refractivity contribution in [3.63, 3.8) is 0 Å². The van der Waals surface area contributed by atoms with Gasteiger partial charge >= 0.3 is 0 Å². The Labute approximate surface area is 173 Å². The number of nitrogens with zero attached hydrogens (tertiary/aromatic N) is 1. The first kappa shape index (κ1) is 21.3. The van der Waals surface area contributed by atoms with E-state index in [2.05, 4.69) is 10.2 Å². The van der Waals surface area contributed by atoms with Crippen molar-refractivity contribution in [2.45, 2.75) is 50.8 Å². The van der Waals surface area contributed by atoms with Crippen LogP contribution in [-0.4, -0.2) is 37.0 Å². The normalized spacial score (nSPS) is 21.4. The first-order valence-electron chi connectivity index (χ1n) is 10.4. The molecule has 2 unspecified atom stereocenters. The van der Waals surface area contributed by atoms with E-state index < -0.39 is 6.10 Å². The molecule has 0 bridgehead atoms. The van der Waals surface area contributed by atoms with Gasteiger partial charge in [-0.3, -0.25) is 4.79 Å². The number of amides is 1. The molecule has 0 saturated heterocycles. The smallest absolute Gasteiger partial charge is 0.260 e. The van der Waals surface area contributed by atoms with Gasteiger partial charge in [0.2, 0.25) is 0 Å². The van der Waals surface area contributed by atoms with E-state index in [1.54, 1.807) is 19.1 Å². The van der Waals surface area contributed by atoms with Gasteiger partial charge in [-0.15, -0.1) is 0 Å². The summed E-state index contributed by atoms with van der Waals surface area (Å²) >= 11 is 0. The van der Waals surface area contributed by atoms with Gasteiger partial charge in [0.25, 0.3) is 5.91 Å². The molecule has 1 aliphatic carbocycles. The summed E-state index contributed by atoms with van der Waals surface area (Å²) in [5, 5.41) is 3.14. The Morgan fingerprint density at radius 2 is 1.76 bits per heavy atom. The maximum Gasteiger partial charge on any atom is 0.260 e. The summed E-state index contributed by atoms with van der Waals surface area (Å²) in [4.78, 5) is 14.7. The molecule has 0 spiro atoms. The van der Waals surface area contributed by atoms with Crippen LogP contribution in [0.5, 0.6) is 5.75 Å². The van der Waals surface area contributed by atoms with E-state index in [0.717, 1.165) is 31.2 Å². The minimum Gasteiger partial charge on any atom is -0.481 e. The lowest BCUT2D eigenvalue weighted by molar-refractivity contribution is -0.128. The van der Waals surface area contributed by atoms with Crippen molar-refractivity contribution in [3.05, 3.63) is 66.0 Å². The molecule has 1 aliphatic rings. The minimum absolute atomic E-state index is 0.0772. The van der Waals surface area contributed by atoms with Crippen molar-refractivity contribution in [3.8, 4) is 5.75 Å². The molecule has 2 aromatic rings. The van der Waals surface area contributed by atoms with E-state index >= 15 is 0 Å². The molecule has 0 aromatic heterocycles. The fourth-order valence-corrected chi connectivity index (χ4v) is 4.34. The van der Waals surface area contributed by atoms with Crippen LogP contribution in [0.4, 0.5) is 4.39 Å². The number of nitrogens with one attached hydrogen (secondary N) is 1. The third kappa shape index (κ3) is 5.80. The van der Waals surface area contributed by atoms with Crippen LogP contribution in [0.1, 0.15) is 44.2 Å². The lowest BCUT2D eigenvalue weighted by Crippen LogP contribution is -2.44. The standard InChI is InChI=1S/C24H31FN2O2/c1-17(29-22-10-5-4-6-11-22)24(28)26-21-14-12-18(13-15-21)23(27(2)3)19-8-7-9-20(25)16-19/h4-11,16-18,21,23H,12-15H2,1-3H3,(H,26,28). The summed E-state index contributed by atoms with van der Waals surface area (Å²) in [5.74, 6) is 0.870. The van der Waals surface area contributed by atoms with E-state index in [0.29, 0.717) is 11.7 Å². The minimum atomic E-state index is -0.531. The van der Waals surface area contributed by atoms with Gasteiger partial charge in [0, 0.05) is 12.1 Å². The van der Waals surface area contributed by atoms with Gasteiger partial charge in [-0.2, -0.15) is 0 Å². The van der Waals surface area contributed by atoms with Gasteiger partial charge in [0.05, 0.1) is 0 Å². The molecule has 2 atom stereocenters. The molecule has 0 radical (unpaired) electrons. The lowest BCUT2D eigenvalue weighted by atomic mass is 9.78. The molecule has 156 valence electrons. The molecule has 2 aromatic carbocycles. The van der Waals surface area contributed by atoms with Crippen LogP contribution in [0.15, 0.2) is 54.6 Å². The molecule has 0 aliphatic heterocycles. The molecule has 29 heavy (non-hydrogen) atoms. The first-order chi connectivity index (χ1) is 13.9. The highest BCUT2D eigenvalue weighted by Gasteiger charge is 2.31. The topological polar surface area (TPSA) is 41.6 Å². The van der Waals surface area contributed by atoms with Gasteiger partial charge in [-0.1, -0.05) is 30.3 Å². The molecular weight excluding hydrogens is 367 g/mol. The number of carbonyl (C=O) groups excluding carboxylic acids is 1. The van der Waals surface area contributed by atoms with Crippen LogP contribution >= 0.6 is 0 Å². The maximum absolute atomic E-state index is 13.7. The predicted octanol–water partition coefficient (Wildman–Crippen LogP) is 4.57. The van der Waals surface area contributed by atoms with Gasteiger partial charge < -0.3 is 15.0 Å². The first-order valence-corrected chi connectivity index (χ1v) is 10.4. The number of halogens is 1. The summed E-state index contributed by atoms with van der Waals surface area (Å²) in [7, 11) is 4.10. The molecule has 1 amide bonds. The average molecular weight is 399 g/mol. The van der Waals surface area contributed by atoms with Crippen molar-refractivity contribution >= 4 is 5.91 Å². The number of rotatable bonds is 7. The highest BCUT2D eigenvalue weighted by atomic mass is 19.1. The lowest BCUT2D eigenvalue weighted by Gasteiger charge is -2.38. The summed E-state index contributed by atoms with van der Waals surface area (Å²) in [6, 6.07) is 16.7. The van der Waals surface area contributed by atoms with E-state index in [-0.39, 0.29) is 23.8 Å². The number of hydrogen-bond acceptors (Lipinski definition) is 3. The zero-order chi connectivity index (χ0) is 20.8. The second-order valence-electron chi connectivity index (χ2n) is 8.16. The third-order valence-corrected chi connectivity index (χ3v) is 5.74.